The second-order valence-electron chi connectivity index (χ2n) is 10.2. The molecular formula is C30H60N2O4. The predicted molar refractivity (Wildman–Crippen MR) is 152 cm³/mol. The maximum atomic E-state index is 11.7. The summed E-state index contributed by atoms with van der Waals surface area (Å²) < 4.78 is 10.5. The van der Waals surface area contributed by atoms with Gasteiger partial charge in [-0.3, -0.25) is 0 Å². The third-order valence-corrected chi connectivity index (χ3v) is 6.60. The van der Waals surface area contributed by atoms with Crippen molar-refractivity contribution in [2.75, 3.05) is 26.3 Å². The molecule has 2 amide bonds. The second-order valence-corrected chi connectivity index (χ2v) is 10.2. The zero-order valence-electron chi connectivity index (χ0n) is 24.0. The van der Waals surface area contributed by atoms with Crippen LogP contribution in [0.3, 0.4) is 0 Å². The Labute approximate surface area is 223 Å². The Balaban J connectivity index is 3.25. The molecule has 2 N–H and O–H groups in total. The highest BCUT2D eigenvalue weighted by atomic mass is 16.6. The van der Waals surface area contributed by atoms with Crippen LogP contribution >= 0.6 is 0 Å². The molecule has 0 fully saturated rings. The molecule has 0 aliphatic carbocycles. The minimum absolute atomic E-state index is 0.300. The van der Waals surface area contributed by atoms with E-state index in [1.54, 1.807) is 0 Å². The van der Waals surface area contributed by atoms with Gasteiger partial charge in [0.2, 0.25) is 0 Å². The maximum Gasteiger partial charge on any atom is 0.407 e. The normalized spacial score (nSPS) is 10.8. The van der Waals surface area contributed by atoms with Crippen LogP contribution in [0, 0.1) is 0 Å². The van der Waals surface area contributed by atoms with Crippen LogP contribution < -0.4 is 10.6 Å². The summed E-state index contributed by atoms with van der Waals surface area (Å²) in [6.07, 6.45) is 26.0. The quantitative estimate of drug-likeness (QED) is 0.108. The van der Waals surface area contributed by atoms with Gasteiger partial charge in [0, 0.05) is 13.1 Å². The highest BCUT2D eigenvalue weighted by molar-refractivity contribution is 5.67. The summed E-state index contributed by atoms with van der Waals surface area (Å²) in [7, 11) is 0. The van der Waals surface area contributed by atoms with Gasteiger partial charge < -0.3 is 20.1 Å². The summed E-state index contributed by atoms with van der Waals surface area (Å²) in [5.74, 6) is 0. The molecule has 6 heteroatoms. The Bertz CT molecular complexity index is 432. The monoisotopic (exact) mass is 512 g/mol. The van der Waals surface area contributed by atoms with Gasteiger partial charge in [0.25, 0.3) is 0 Å². The molecule has 0 aromatic rings. The van der Waals surface area contributed by atoms with Gasteiger partial charge in [-0.15, -0.1) is 0 Å². The number of amides is 2. The van der Waals surface area contributed by atoms with Crippen molar-refractivity contribution in [3.63, 3.8) is 0 Å². The molecule has 0 radical (unpaired) electrons. The van der Waals surface area contributed by atoms with Crippen LogP contribution in [-0.2, 0) is 9.47 Å². The van der Waals surface area contributed by atoms with Crippen LogP contribution in [-0.4, -0.2) is 38.5 Å². The van der Waals surface area contributed by atoms with Crippen molar-refractivity contribution in [1.82, 2.24) is 10.6 Å². The van der Waals surface area contributed by atoms with E-state index in [0.29, 0.717) is 26.3 Å². The molecule has 0 atom stereocenters. The van der Waals surface area contributed by atoms with Crippen molar-refractivity contribution in [3.8, 4) is 0 Å². The summed E-state index contributed by atoms with van der Waals surface area (Å²) in [4.78, 5) is 23.4. The molecule has 6 nitrogen and oxygen atoms in total. The Kier molecular flexibility index (Phi) is 28.6. The summed E-state index contributed by atoms with van der Waals surface area (Å²) in [6, 6.07) is 0. The molecule has 0 spiro atoms. The zero-order valence-corrected chi connectivity index (χ0v) is 24.0. The fourth-order valence-corrected chi connectivity index (χ4v) is 4.24. The summed E-state index contributed by atoms with van der Waals surface area (Å²) in [6.45, 7) is 6.81. The molecule has 0 saturated carbocycles. The van der Waals surface area contributed by atoms with E-state index in [9.17, 15) is 9.59 Å². The van der Waals surface area contributed by atoms with E-state index >= 15 is 0 Å². The van der Waals surface area contributed by atoms with Gasteiger partial charge >= 0.3 is 12.2 Å². The lowest BCUT2D eigenvalue weighted by molar-refractivity contribution is 0.142. The van der Waals surface area contributed by atoms with Crippen LogP contribution in [0.5, 0.6) is 0 Å². The van der Waals surface area contributed by atoms with Crippen molar-refractivity contribution in [3.05, 3.63) is 0 Å². The Morgan fingerprint density at radius 2 is 0.694 bits per heavy atom. The number of ether oxygens (including phenoxy) is 2. The van der Waals surface area contributed by atoms with Crippen molar-refractivity contribution in [2.45, 2.75) is 155 Å². The van der Waals surface area contributed by atoms with Crippen molar-refractivity contribution in [1.29, 1.82) is 0 Å². The van der Waals surface area contributed by atoms with Crippen LogP contribution in [0.4, 0.5) is 9.59 Å². The molecule has 0 saturated heterocycles. The van der Waals surface area contributed by atoms with E-state index < -0.39 is 0 Å². The number of hydrogen-bond donors (Lipinski definition) is 2. The second kappa shape index (κ2) is 29.8. The van der Waals surface area contributed by atoms with E-state index in [1.807, 2.05) is 0 Å². The van der Waals surface area contributed by atoms with Crippen molar-refractivity contribution < 1.29 is 19.1 Å². The molecule has 0 aliphatic rings. The van der Waals surface area contributed by atoms with Crippen LogP contribution in [0.1, 0.15) is 155 Å². The molecule has 214 valence electrons. The fraction of sp³-hybridized carbons (Fsp3) is 0.933. The highest BCUT2D eigenvalue weighted by Gasteiger charge is 2.03. The first-order valence-electron chi connectivity index (χ1n) is 15.5. The number of nitrogens with one attached hydrogen (secondary N) is 2. The molecule has 0 aliphatic heterocycles. The topological polar surface area (TPSA) is 76.7 Å². The first-order valence-corrected chi connectivity index (χ1v) is 15.5. The molecule has 0 rings (SSSR count). The average molecular weight is 513 g/mol. The number of carbonyl (C=O) groups is 2. The number of alkyl carbamates (subject to hydrolysis) is 2. The molecule has 0 bridgehead atoms. The van der Waals surface area contributed by atoms with Crippen molar-refractivity contribution in [2.24, 2.45) is 0 Å². The molecule has 0 aromatic heterocycles. The maximum absolute atomic E-state index is 11.7. The van der Waals surface area contributed by atoms with Gasteiger partial charge in [-0.25, -0.2) is 9.59 Å². The van der Waals surface area contributed by atoms with Gasteiger partial charge in [-0.2, -0.15) is 0 Å². The smallest absolute Gasteiger partial charge is 0.407 e. The van der Waals surface area contributed by atoms with Crippen LogP contribution in [0.25, 0.3) is 0 Å². The molecular weight excluding hydrogens is 452 g/mol. The van der Waals surface area contributed by atoms with Crippen molar-refractivity contribution >= 4 is 12.2 Å². The van der Waals surface area contributed by atoms with E-state index in [0.717, 1.165) is 51.4 Å². The first-order chi connectivity index (χ1) is 17.7. The summed E-state index contributed by atoms with van der Waals surface area (Å²) in [5, 5.41) is 5.65. The molecule has 0 aromatic carbocycles. The third-order valence-electron chi connectivity index (χ3n) is 6.60. The lowest BCUT2D eigenvalue weighted by Gasteiger charge is -2.08. The highest BCUT2D eigenvalue weighted by Crippen LogP contribution is 2.10. The van der Waals surface area contributed by atoms with Gasteiger partial charge in [0.15, 0.2) is 0 Å². The van der Waals surface area contributed by atoms with Gasteiger partial charge in [-0.05, 0) is 25.7 Å². The number of rotatable bonds is 27. The minimum Gasteiger partial charge on any atom is -0.450 e. The van der Waals surface area contributed by atoms with Gasteiger partial charge in [-0.1, -0.05) is 129 Å². The zero-order chi connectivity index (χ0) is 26.4. The van der Waals surface area contributed by atoms with E-state index in [1.165, 1.54) is 89.9 Å². The molecule has 0 heterocycles. The van der Waals surface area contributed by atoms with E-state index in [4.69, 9.17) is 9.47 Å². The lowest BCUT2D eigenvalue weighted by atomic mass is 10.1. The van der Waals surface area contributed by atoms with Crippen LogP contribution in [0.15, 0.2) is 0 Å². The van der Waals surface area contributed by atoms with Crippen LogP contribution in [0.2, 0.25) is 0 Å². The largest absolute Gasteiger partial charge is 0.450 e. The molecule has 36 heavy (non-hydrogen) atoms. The first kappa shape index (κ1) is 34.5. The van der Waals surface area contributed by atoms with E-state index in [-0.39, 0.29) is 12.2 Å². The lowest BCUT2D eigenvalue weighted by Crippen LogP contribution is -2.26. The Morgan fingerprint density at radius 1 is 0.417 bits per heavy atom. The van der Waals surface area contributed by atoms with Gasteiger partial charge in [0.1, 0.15) is 0 Å². The minimum atomic E-state index is -0.300. The standard InChI is InChI=1S/C30H60N2O4/c1-3-5-7-9-11-13-15-19-23-27-35-29(33)31-25-21-17-18-22-26-32-30(34)36-28-24-20-16-14-12-10-8-6-4-2/h3-28H2,1-2H3,(H,31,33)(H,32,34). The fourth-order valence-electron chi connectivity index (χ4n) is 4.24. The van der Waals surface area contributed by atoms with Gasteiger partial charge in [0.05, 0.1) is 13.2 Å². The van der Waals surface area contributed by atoms with E-state index in [2.05, 4.69) is 24.5 Å². The number of carbonyl (C=O) groups excluding carboxylic acids is 2. The molecule has 0 unspecified atom stereocenters. The number of hydrogen-bond acceptors (Lipinski definition) is 4. The summed E-state index contributed by atoms with van der Waals surface area (Å²) >= 11 is 0. The number of unbranched alkanes of at least 4 members (excludes halogenated alkanes) is 19. The third kappa shape index (κ3) is 28.8. The summed E-state index contributed by atoms with van der Waals surface area (Å²) in [5.41, 5.74) is 0. The average Bonchev–Trinajstić information content (AvgIpc) is 2.87. The SMILES string of the molecule is CCCCCCCCCCCOC(=O)NCCCCCCNC(=O)OCCCCCCCCCCC. The Morgan fingerprint density at radius 3 is 1.03 bits per heavy atom. The predicted octanol–water partition coefficient (Wildman–Crippen LogP) is 9.06. The Hall–Kier alpha value is -1.46.